The fourth-order valence-electron chi connectivity index (χ4n) is 2.90. The second-order valence-corrected chi connectivity index (χ2v) is 7.60. The summed E-state index contributed by atoms with van der Waals surface area (Å²) in [5.74, 6) is -0.0120. The maximum atomic E-state index is 12.3. The van der Waals surface area contributed by atoms with E-state index < -0.39 is 11.9 Å². The van der Waals surface area contributed by atoms with Crippen molar-refractivity contribution in [1.82, 2.24) is 0 Å². The summed E-state index contributed by atoms with van der Waals surface area (Å²) in [5.41, 5.74) is 3.18. The standard InChI is InChI=1S/C26H32O5/c1-5-6-7-8-21-9-11-22(12-10-21)24-15-23(30-20(4)18(2)16-27)13-14-25(24)31-26(29)19(3)17-28/h9-15,19,27-28H,2,4-8,16-17H2,1,3H3. The minimum atomic E-state index is -0.627. The van der Waals surface area contributed by atoms with Gasteiger partial charge in [-0.1, -0.05) is 57.2 Å². The number of benzene rings is 2. The van der Waals surface area contributed by atoms with Crippen LogP contribution >= 0.6 is 0 Å². The molecule has 0 saturated carbocycles. The SMILES string of the molecule is C=C(CO)C(=C)Oc1ccc(OC(=O)C(C)CO)c(-c2ccc(CCCCC)cc2)c1. The van der Waals surface area contributed by atoms with Gasteiger partial charge in [-0.05, 0) is 49.1 Å². The van der Waals surface area contributed by atoms with Crippen LogP contribution in [0.2, 0.25) is 0 Å². The molecular formula is C26H32O5. The molecule has 0 aliphatic rings. The number of aryl methyl sites for hydroxylation is 1. The van der Waals surface area contributed by atoms with Gasteiger partial charge in [0, 0.05) is 11.1 Å². The zero-order valence-electron chi connectivity index (χ0n) is 18.4. The van der Waals surface area contributed by atoms with Crippen LogP contribution in [-0.2, 0) is 11.2 Å². The molecule has 0 fully saturated rings. The van der Waals surface area contributed by atoms with E-state index in [1.807, 2.05) is 12.1 Å². The molecule has 0 radical (unpaired) electrons. The lowest BCUT2D eigenvalue weighted by Gasteiger charge is -2.16. The molecule has 2 rings (SSSR count). The first-order chi connectivity index (χ1) is 14.9. The highest BCUT2D eigenvalue weighted by atomic mass is 16.5. The number of aliphatic hydroxyl groups excluding tert-OH is 2. The van der Waals surface area contributed by atoms with Gasteiger partial charge in [0.2, 0.25) is 0 Å². The first-order valence-corrected chi connectivity index (χ1v) is 10.6. The Morgan fingerprint density at radius 3 is 2.35 bits per heavy atom. The van der Waals surface area contributed by atoms with Crippen LogP contribution in [0.5, 0.6) is 11.5 Å². The van der Waals surface area contributed by atoms with E-state index >= 15 is 0 Å². The Morgan fingerprint density at radius 2 is 1.74 bits per heavy atom. The lowest BCUT2D eigenvalue weighted by atomic mass is 10.0. The van der Waals surface area contributed by atoms with Crippen molar-refractivity contribution in [1.29, 1.82) is 0 Å². The number of hydrogen-bond acceptors (Lipinski definition) is 5. The minimum absolute atomic E-state index is 0.250. The third kappa shape index (κ3) is 7.09. The molecule has 0 aliphatic heterocycles. The Hall–Kier alpha value is -2.89. The number of carbonyl (C=O) groups is 1. The van der Waals surface area contributed by atoms with Gasteiger partial charge >= 0.3 is 5.97 Å². The fourth-order valence-corrected chi connectivity index (χ4v) is 2.90. The average Bonchev–Trinajstić information content (AvgIpc) is 2.79. The van der Waals surface area contributed by atoms with E-state index in [1.165, 1.54) is 18.4 Å². The highest BCUT2D eigenvalue weighted by Gasteiger charge is 2.18. The largest absolute Gasteiger partial charge is 0.458 e. The molecule has 0 aliphatic carbocycles. The van der Waals surface area contributed by atoms with Crippen molar-refractivity contribution in [3.05, 3.63) is 72.5 Å². The third-order valence-electron chi connectivity index (χ3n) is 5.00. The van der Waals surface area contributed by atoms with Crippen molar-refractivity contribution in [2.24, 2.45) is 5.92 Å². The second-order valence-electron chi connectivity index (χ2n) is 7.60. The van der Waals surface area contributed by atoms with E-state index in [-0.39, 0.29) is 19.0 Å². The molecule has 166 valence electrons. The Kier molecular flexibility index (Phi) is 9.50. The molecule has 0 bridgehead atoms. The molecule has 0 saturated heterocycles. The van der Waals surface area contributed by atoms with E-state index in [2.05, 4.69) is 32.2 Å². The van der Waals surface area contributed by atoms with Gasteiger partial charge in [0.15, 0.2) is 0 Å². The molecule has 5 heteroatoms. The molecule has 5 nitrogen and oxygen atoms in total. The fraction of sp³-hybridized carbons (Fsp3) is 0.346. The second kappa shape index (κ2) is 12.1. The predicted molar refractivity (Wildman–Crippen MR) is 123 cm³/mol. The van der Waals surface area contributed by atoms with E-state index in [9.17, 15) is 15.0 Å². The van der Waals surface area contributed by atoms with Gasteiger partial charge in [-0.2, -0.15) is 0 Å². The molecule has 2 N–H and O–H groups in total. The Bertz CT molecular complexity index is 899. The molecular weight excluding hydrogens is 392 g/mol. The van der Waals surface area contributed by atoms with Crippen molar-refractivity contribution in [2.75, 3.05) is 13.2 Å². The number of rotatable bonds is 12. The van der Waals surface area contributed by atoms with Crippen molar-refractivity contribution < 1.29 is 24.5 Å². The number of ether oxygens (including phenoxy) is 2. The van der Waals surface area contributed by atoms with Gasteiger partial charge < -0.3 is 19.7 Å². The van der Waals surface area contributed by atoms with Gasteiger partial charge in [-0.25, -0.2) is 0 Å². The quantitative estimate of drug-likeness (QED) is 0.164. The van der Waals surface area contributed by atoms with E-state index in [0.717, 1.165) is 18.4 Å². The van der Waals surface area contributed by atoms with Crippen LogP contribution in [0, 0.1) is 5.92 Å². The highest BCUT2D eigenvalue weighted by Crippen LogP contribution is 2.35. The summed E-state index contributed by atoms with van der Waals surface area (Å²) in [7, 11) is 0. The molecule has 2 aromatic carbocycles. The van der Waals surface area contributed by atoms with E-state index in [1.54, 1.807) is 25.1 Å². The average molecular weight is 425 g/mol. The molecule has 0 spiro atoms. The zero-order chi connectivity index (χ0) is 22.8. The van der Waals surface area contributed by atoms with Gasteiger partial charge in [-0.3, -0.25) is 4.79 Å². The molecule has 0 aromatic heterocycles. The lowest BCUT2D eigenvalue weighted by Crippen LogP contribution is -2.21. The highest BCUT2D eigenvalue weighted by molar-refractivity contribution is 5.80. The van der Waals surface area contributed by atoms with Crippen molar-refractivity contribution in [2.45, 2.75) is 39.5 Å². The van der Waals surface area contributed by atoms with Crippen LogP contribution in [-0.4, -0.2) is 29.4 Å². The predicted octanol–water partition coefficient (Wildman–Crippen LogP) is 5.06. The summed E-state index contributed by atoms with van der Waals surface area (Å²) in [5, 5.41) is 18.5. The molecule has 0 amide bonds. The first-order valence-electron chi connectivity index (χ1n) is 10.6. The molecule has 2 aromatic rings. The Morgan fingerprint density at radius 1 is 1.03 bits per heavy atom. The third-order valence-corrected chi connectivity index (χ3v) is 5.00. The van der Waals surface area contributed by atoms with Crippen molar-refractivity contribution in [3.8, 4) is 22.6 Å². The van der Waals surface area contributed by atoms with Crippen molar-refractivity contribution in [3.63, 3.8) is 0 Å². The summed E-state index contributed by atoms with van der Waals surface area (Å²) in [6, 6.07) is 13.2. The summed E-state index contributed by atoms with van der Waals surface area (Å²) in [6.07, 6.45) is 4.56. The van der Waals surface area contributed by atoms with Crippen LogP contribution in [0.4, 0.5) is 0 Å². The van der Waals surface area contributed by atoms with Crippen LogP contribution in [0.1, 0.15) is 38.7 Å². The summed E-state index contributed by atoms with van der Waals surface area (Å²) >= 11 is 0. The van der Waals surface area contributed by atoms with E-state index in [0.29, 0.717) is 22.6 Å². The summed E-state index contributed by atoms with van der Waals surface area (Å²) in [4.78, 5) is 12.3. The molecule has 31 heavy (non-hydrogen) atoms. The molecule has 0 heterocycles. The van der Waals surface area contributed by atoms with Gasteiger partial charge in [0.1, 0.15) is 17.3 Å². The number of aliphatic hydroxyl groups is 2. The van der Waals surface area contributed by atoms with E-state index in [4.69, 9.17) is 9.47 Å². The molecule has 1 atom stereocenters. The van der Waals surface area contributed by atoms with Crippen LogP contribution in [0.3, 0.4) is 0 Å². The smallest absolute Gasteiger partial charge is 0.316 e. The summed E-state index contributed by atoms with van der Waals surface area (Å²) < 4.78 is 11.3. The van der Waals surface area contributed by atoms with Crippen LogP contribution in [0.25, 0.3) is 11.1 Å². The maximum Gasteiger partial charge on any atom is 0.316 e. The van der Waals surface area contributed by atoms with Gasteiger partial charge in [-0.15, -0.1) is 0 Å². The van der Waals surface area contributed by atoms with Crippen LogP contribution < -0.4 is 9.47 Å². The van der Waals surface area contributed by atoms with Gasteiger partial charge in [0.25, 0.3) is 0 Å². The number of unbranched alkanes of at least 4 members (excludes halogenated alkanes) is 2. The minimum Gasteiger partial charge on any atom is -0.458 e. The number of hydrogen-bond donors (Lipinski definition) is 2. The maximum absolute atomic E-state index is 12.3. The summed E-state index contributed by atoms with van der Waals surface area (Å²) in [6.45, 7) is 10.7. The lowest BCUT2D eigenvalue weighted by molar-refractivity contribution is -0.139. The molecule has 1 unspecified atom stereocenters. The van der Waals surface area contributed by atoms with Crippen molar-refractivity contribution >= 4 is 5.97 Å². The monoisotopic (exact) mass is 424 g/mol. The Balaban J connectivity index is 2.34. The Labute approximate surface area is 184 Å². The number of esters is 1. The zero-order valence-corrected chi connectivity index (χ0v) is 18.4. The van der Waals surface area contributed by atoms with Gasteiger partial charge in [0.05, 0.1) is 19.1 Å². The topological polar surface area (TPSA) is 76.0 Å². The first kappa shape index (κ1) is 24.4. The normalized spacial score (nSPS) is 11.6. The van der Waals surface area contributed by atoms with Crippen LogP contribution in [0.15, 0.2) is 67.0 Å². The number of carbonyl (C=O) groups excluding carboxylic acids is 1.